The number of carbonyl (C=O) groups is 1. The van der Waals surface area contributed by atoms with Crippen molar-refractivity contribution in [2.75, 3.05) is 17.1 Å². The van der Waals surface area contributed by atoms with Crippen LogP contribution >= 0.6 is 11.6 Å². The van der Waals surface area contributed by atoms with E-state index in [1.807, 2.05) is 0 Å². The number of nitrogens with one attached hydrogen (secondary N) is 2. The molecule has 0 aliphatic carbocycles. The number of sulfonamides is 1. The Hall–Kier alpha value is -3.30. The van der Waals surface area contributed by atoms with E-state index in [9.17, 15) is 22.7 Å². The van der Waals surface area contributed by atoms with E-state index >= 15 is 0 Å². The smallest absolute Gasteiger partial charge is 0.261 e. The third kappa shape index (κ3) is 4.81. The van der Waals surface area contributed by atoms with Crippen molar-refractivity contribution in [1.29, 1.82) is 0 Å². The Morgan fingerprint density at radius 1 is 1.10 bits per heavy atom. The molecule has 0 heterocycles. The number of ether oxygens (including phenoxy) is 1. The second kappa shape index (κ2) is 8.60. The minimum atomic E-state index is -4.03. The molecule has 0 aliphatic heterocycles. The molecule has 0 atom stereocenters. The quantitative estimate of drug-likeness (QED) is 0.487. The maximum absolute atomic E-state index is 13.8. The molecule has 3 N–H and O–H groups in total. The minimum Gasteiger partial charge on any atom is -0.506 e. The van der Waals surface area contributed by atoms with Crippen LogP contribution in [0.2, 0.25) is 5.02 Å². The summed E-state index contributed by atoms with van der Waals surface area (Å²) in [6.07, 6.45) is 0. The Bertz CT molecular complexity index is 1220. The summed E-state index contributed by atoms with van der Waals surface area (Å²) in [6, 6.07) is 13.1. The normalized spacial score (nSPS) is 11.0. The highest BCUT2D eigenvalue weighted by atomic mass is 35.5. The Balaban J connectivity index is 1.86. The lowest BCUT2D eigenvalue weighted by Crippen LogP contribution is -2.15. The van der Waals surface area contributed by atoms with Crippen LogP contribution in [0.25, 0.3) is 0 Å². The average molecular weight is 451 g/mol. The molecular formula is C20H16ClFN2O5S. The summed E-state index contributed by atoms with van der Waals surface area (Å²) in [5.41, 5.74) is 0.0399. The zero-order valence-electron chi connectivity index (χ0n) is 15.5. The SMILES string of the molecule is COc1ccc(C(=O)Nc2cc(S(=O)(=O)Nc3cccc(Cl)c3)ccc2O)cc1F. The molecule has 0 unspecified atom stereocenters. The summed E-state index contributed by atoms with van der Waals surface area (Å²) < 4.78 is 46.3. The maximum atomic E-state index is 13.8. The molecule has 7 nitrogen and oxygen atoms in total. The maximum Gasteiger partial charge on any atom is 0.261 e. The number of methoxy groups -OCH3 is 1. The van der Waals surface area contributed by atoms with E-state index in [0.717, 1.165) is 18.2 Å². The topological polar surface area (TPSA) is 105 Å². The van der Waals surface area contributed by atoms with Crippen LogP contribution in [0.4, 0.5) is 15.8 Å². The predicted octanol–water partition coefficient (Wildman–Crippen LogP) is 4.25. The number of hydrogen-bond donors (Lipinski definition) is 3. The minimum absolute atomic E-state index is 0.0328. The van der Waals surface area contributed by atoms with Crippen molar-refractivity contribution in [3.63, 3.8) is 0 Å². The number of phenols is 1. The van der Waals surface area contributed by atoms with Gasteiger partial charge >= 0.3 is 0 Å². The summed E-state index contributed by atoms with van der Waals surface area (Å²) in [5.74, 6) is -1.88. The van der Waals surface area contributed by atoms with Crippen LogP contribution in [0, 0.1) is 5.82 Å². The third-order valence-electron chi connectivity index (χ3n) is 4.02. The molecule has 10 heteroatoms. The summed E-state index contributed by atoms with van der Waals surface area (Å²) in [6.45, 7) is 0. The molecule has 3 aromatic carbocycles. The fourth-order valence-corrected chi connectivity index (χ4v) is 3.82. The van der Waals surface area contributed by atoms with E-state index in [4.69, 9.17) is 16.3 Å². The summed E-state index contributed by atoms with van der Waals surface area (Å²) in [4.78, 5) is 12.2. The Morgan fingerprint density at radius 3 is 2.53 bits per heavy atom. The lowest BCUT2D eigenvalue weighted by atomic mass is 10.2. The first kappa shape index (κ1) is 21.4. The number of amides is 1. The van der Waals surface area contributed by atoms with E-state index in [0.29, 0.717) is 5.02 Å². The first-order valence-electron chi connectivity index (χ1n) is 8.46. The number of hydrogen-bond acceptors (Lipinski definition) is 5. The van der Waals surface area contributed by atoms with Gasteiger partial charge in [-0.3, -0.25) is 9.52 Å². The van der Waals surface area contributed by atoms with Gasteiger partial charge in [0.1, 0.15) is 5.75 Å². The lowest BCUT2D eigenvalue weighted by molar-refractivity contribution is 0.102. The summed E-state index contributed by atoms with van der Waals surface area (Å²) in [7, 11) is -2.74. The van der Waals surface area contributed by atoms with Gasteiger partial charge in [0.2, 0.25) is 0 Å². The van der Waals surface area contributed by atoms with Gasteiger partial charge < -0.3 is 15.2 Å². The average Bonchev–Trinajstić information content (AvgIpc) is 2.69. The van der Waals surface area contributed by atoms with Crippen LogP contribution in [0.15, 0.2) is 65.6 Å². The van der Waals surface area contributed by atoms with E-state index in [2.05, 4.69) is 10.0 Å². The van der Waals surface area contributed by atoms with Gasteiger partial charge in [-0.2, -0.15) is 0 Å². The van der Waals surface area contributed by atoms with E-state index < -0.39 is 21.7 Å². The molecule has 0 aliphatic rings. The zero-order valence-corrected chi connectivity index (χ0v) is 17.1. The van der Waals surface area contributed by atoms with Crippen LogP contribution in [0.1, 0.15) is 10.4 Å². The van der Waals surface area contributed by atoms with Crippen molar-refractivity contribution in [1.82, 2.24) is 0 Å². The van der Waals surface area contributed by atoms with Crippen molar-refractivity contribution in [3.05, 3.63) is 77.1 Å². The van der Waals surface area contributed by atoms with Gasteiger partial charge in [0.15, 0.2) is 11.6 Å². The number of anilines is 2. The molecule has 0 bridgehead atoms. The standard InChI is InChI=1S/C20H16ClFN2O5S/c1-29-19-8-5-12(9-16(19)22)20(26)23-17-11-15(6-7-18(17)25)30(27,28)24-14-4-2-3-13(21)10-14/h2-11,24-25H,1H3,(H,23,26). The van der Waals surface area contributed by atoms with Crippen LogP contribution in [0.3, 0.4) is 0 Å². The fourth-order valence-electron chi connectivity index (χ4n) is 2.55. The largest absolute Gasteiger partial charge is 0.506 e. The van der Waals surface area contributed by atoms with Gasteiger partial charge in [-0.15, -0.1) is 0 Å². The first-order valence-corrected chi connectivity index (χ1v) is 10.3. The zero-order chi connectivity index (χ0) is 21.9. The van der Waals surface area contributed by atoms with E-state index in [1.165, 1.54) is 37.4 Å². The molecule has 156 valence electrons. The molecule has 0 saturated carbocycles. The number of benzene rings is 3. The fraction of sp³-hybridized carbons (Fsp3) is 0.0500. The number of phenolic OH excluding ortho intramolecular Hbond substituents is 1. The molecule has 0 fully saturated rings. The van der Waals surface area contributed by atoms with Gasteiger partial charge in [0.25, 0.3) is 15.9 Å². The van der Waals surface area contributed by atoms with Crippen molar-refractivity contribution < 1.29 is 27.4 Å². The van der Waals surface area contributed by atoms with Crippen LogP contribution in [-0.2, 0) is 10.0 Å². The van der Waals surface area contributed by atoms with Gasteiger partial charge in [-0.25, -0.2) is 12.8 Å². The van der Waals surface area contributed by atoms with E-state index in [-0.39, 0.29) is 33.3 Å². The van der Waals surface area contributed by atoms with Crippen molar-refractivity contribution in [2.45, 2.75) is 4.90 Å². The molecule has 0 spiro atoms. The summed E-state index contributed by atoms with van der Waals surface area (Å²) >= 11 is 5.86. The highest BCUT2D eigenvalue weighted by molar-refractivity contribution is 7.92. The Kier molecular flexibility index (Phi) is 6.14. The molecule has 3 rings (SSSR count). The second-order valence-electron chi connectivity index (χ2n) is 6.10. The molecular weight excluding hydrogens is 435 g/mol. The summed E-state index contributed by atoms with van der Waals surface area (Å²) in [5, 5.41) is 12.7. The Morgan fingerprint density at radius 2 is 1.87 bits per heavy atom. The highest BCUT2D eigenvalue weighted by Crippen LogP contribution is 2.29. The molecule has 1 amide bonds. The highest BCUT2D eigenvalue weighted by Gasteiger charge is 2.18. The van der Waals surface area contributed by atoms with Gasteiger partial charge in [-0.1, -0.05) is 17.7 Å². The van der Waals surface area contributed by atoms with E-state index in [1.54, 1.807) is 12.1 Å². The number of halogens is 2. The first-order chi connectivity index (χ1) is 14.2. The monoisotopic (exact) mass is 450 g/mol. The van der Waals surface area contributed by atoms with Crippen LogP contribution in [0.5, 0.6) is 11.5 Å². The number of rotatable bonds is 6. The van der Waals surface area contributed by atoms with Crippen molar-refractivity contribution in [3.8, 4) is 11.5 Å². The van der Waals surface area contributed by atoms with Crippen molar-refractivity contribution in [2.24, 2.45) is 0 Å². The number of aromatic hydroxyl groups is 1. The van der Waals surface area contributed by atoms with Gasteiger partial charge in [0, 0.05) is 10.6 Å². The predicted molar refractivity (Wildman–Crippen MR) is 111 cm³/mol. The Labute approximate surface area is 177 Å². The number of carbonyl (C=O) groups excluding carboxylic acids is 1. The third-order valence-corrected chi connectivity index (χ3v) is 5.63. The molecule has 0 saturated heterocycles. The second-order valence-corrected chi connectivity index (χ2v) is 8.22. The molecule has 3 aromatic rings. The van der Waals surface area contributed by atoms with Crippen LogP contribution in [-0.4, -0.2) is 26.5 Å². The van der Waals surface area contributed by atoms with Crippen LogP contribution < -0.4 is 14.8 Å². The lowest BCUT2D eigenvalue weighted by Gasteiger charge is -2.12. The van der Waals surface area contributed by atoms with Crippen molar-refractivity contribution >= 4 is 38.9 Å². The molecule has 30 heavy (non-hydrogen) atoms. The molecule has 0 aromatic heterocycles. The van der Waals surface area contributed by atoms with Gasteiger partial charge in [0.05, 0.1) is 23.4 Å². The van der Waals surface area contributed by atoms with Gasteiger partial charge in [-0.05, 0) is 54.6 Å². The molecule has 0 radical (unpaired) electrons.